The molecule has 228 valence electrons. The van der Waals surface area contributed by atoms with Crippen molar-refractivity contribution in [1.29, 1.82) is 0 Å². The zero-order chi connectivity index (χ0) is 30.9. The van der Waals surface area contributed by atoms with Crippen LogP contribution < -0.4 is 21.1 Å². The largest absolute Gasteiger partial charge is 0.467 e. The third-order valence-corrected chi connectivity index (χ3v) is 5.95. The highest BCUT2D eigenvalue weighted by Gasteiger charge is 2.32. The van der Waals surface area contributed by atoms with Gasteiger partial charge in [0.2, 0.25) is 11.8 Å². The van der Waals surface area contributed by atoms with Crippen molar-refractivity contribution in [2.24, 2.45) is 5.73 Å². The van der Waals surface area contributed by atoms with E-state index in [1.165, 1.54) is 12.1 Å². The van der Waals surface area contributed by atoms with Crippen LogP contribution in [0.1, 0.15) is 51.2 Å². The molecule has 0 aliphatic heterocycles. The second kappa shape index (κ2) is 17.9. The lowest BCUT2D eigenvalue weighted by Crippen LogP contribution is -2.53. The van der Waals surface area contributed by atoms with Crippen LogP contribution in [0.4, 0.5) is 4.79 Å². The summed E-state index contributed by atoms with van der Waals surface area (Å²) in [5.41, 5.74) is 6.84. The maximum atomic E-state index is 13.2. The second-order valence-corrected chi connectivity index (χ2v) is 9.21. The topological polar surface area (TPSA) is 172 Å². The number of carbonyl (C=O) groups excluding carboxylic acids is 5. The first-order valence-electron chi connectivity index (χ1n) is 13.8. The summed E-state index contributed by atoms with van der Waals surface area (Å²) in [5.74, 6) is -2.89. The number of alkyl carbamates (subject to hydrolysis) is 1. The molecule has 12 heteroatoms. The van der Waals surface area contributed by atoms with Crippen LogP contribution in [-0.2, 0) is 46.4 Å². The van der Waals surface area contributed by atoms with Crippen LogP contribution >= 0.6 is 0 Å². The van der Waals surface area contributed by atoms with E-state index >= 15 is 0 Å². The molecule has 2 aromatic carbocycles. The third kappa shape index (κ3) is 11.5. The highest BCUT2D eigenvalue weighted by atomic mass is 16.6. The number of rotatable bonds is 17. The highest BCUT2D eigenvalue weighted by molar-refractivity contribution is 5.98. The van der Waals surface area contributed by atoms with Crippen LogP contribution in [0.25, 0.3) is 0 Å². The number of carbonyl (C=O) groups is 5. The van der Waals surface area contributed by atoms with Gasteiger partial charge in [0, 0.05) is 6.42 Å². The maximum absolute atomic E-state index is 13.2. The Labute approximate surface area is 245 Å². The Balaban J connectivity index is 2.17. The average Bonchev–Trinajstić information content (AvgIpc) is 2.97. The number of primary amides is 1. The molecule has 0 bridgehead atoms. The molecule has 2 atom stereocenters. The molecule has 4 N–H and O–H groups in total. The van der Waals surface area contributed by atoms with Crippen LogP contribution in [0.3, 0.4) is 0 Å². The fraction of sp³-hybridized carbons (Fsp3) is 0.433. The minimum atomic E-state index is -1.61. The van der Waals surface area contributed by atoms with Gasteiger partial charge in [-0.2, -0.15) is 0 Å². The van der Waals surface area contributed by atoms with Crippen LogP contribution in [0.2, 0.25) is 0 Å². The average molecular weight is 586 g/mol. The number of hydrogen-bond donors (Lipinski definition) is 3. The molecule has 0 spiro atoms. The molecule has 0 aliphatic rings. The Hall–Kier alpha value is -4.61. The van der Waals surface area contributed by atoms with Crippen molar-refractivity contribution in [3.8, 4) is 5.75 Å². The molecule has 2 rings (SSSR count). The summed E-state index contributed by atoms with van der Waals surface area (Å²) in [5, 5.41) is 5.19. The van der Waals surface area contributed by atoms with Gasteiger partial charge < -0.3 is 35.3 Å². The Bertz CT molecular complexity index is 1150. The normalized spacial score (nSPS) is 12.0. The first-order chi connectivity index (χ1) is 20.2. The summed E-state index contributed by atoms with van der Waals surface area (Å²) < 4.78 is 20.6. The van der Waals surface area contributed by atoms with Gasteiger partial charge in [-0.25, -0.2) is 14.4 Å². The molecule has 12 nitrogen and oxygen atoms in total. The first-order valence-corrected chi connectivity index (χ1v) is 13.8. The molecule has 0 saturated carbocycles. The SMILES string of the molecule is CCCC[C@H](NC(=O)[C@H](Cc1ccc(OC(C(=O)OCC)C(=O)OCC)cc1)NC(=O)OCc1ccccc1)C(N)=O. The van der Waals surface area contributed by atoms with E-state index < -0.39 is 48.0 Å². The molecule has 42 heavy (non-hydrogen) atoms. The monoisotopic (exact) mass is 585 g/mol. The number of amides is 3. The predicted molar refractivity (Wildman–Crippen MR) is 152 cm³/mol. The molecule has 0 fully saturated rings. The molecule has 0 aromatic heterocycles. The highest BCUT2D eigenvalue weighted by Crippen LogP contribution is 2.17. The van der Waals surface area contributed by atoms with Crippen molar-refractivity contribution >= 4 is 29.8 Å². The standard InChI is InChI=1S/C30H39N3O9/c1-4-7-13-23(26(31)34)32-27(35)24(33-30(38)41-19-21-11-9-8-10-12-21)18-20-14-16-22(17-15-20)42-25(28(36)39-5-2)29(37)40-6-3/h8-12,14-17,23-25H,4-7,13,18-19H2,1-3H3,(H2,31,34)(H,32,35)(H,33,38)/t23-,24-/m0/s1. The fourth-order valence-electron chi connectivity index (χ4n) is 3.79. The number of nitrogens with one attached hydrogen (secondary N) is 2. The predicted octanol–water partition coefficient (Wildman–Crippen LogP) is 2.56. The number of unbranched alkanes of at least 4 members (excludes halogenated alkanes) is 1. The second-order valence-electron chi connectivity index (χ2n) is 9.21. The van der Waals surface area contributed by atoms with E-state index in [0.717, 1.165) is 12.0 Å². The molecule has 0 radical (unpaired) electrons. The fourth-order valence-corrected chi connectivity index (χ4v) is 3.79. The van der Waals surface area contributed by atoms with Crippen molar-refractivity contribution in [3.05, 3.63) is 65.7 Å². The van der Waals surface area contributed by atoms with E-state index in [-0.39, 0.29) is 32.0 Å². The van der Waals surface area contributed by atoms with Crippen LogP contribution in [0.5, 0.6) is 5.75 Å². The van der Waals surface area contributed by atoms with Crippen LogP contribution in [0.15, 0.2) is 54.6 Å². The van der Waals surface area contributed by atoms with Gasteiger partial charge in [-0.1, -0.05) is 62.2 Å². The van der Waals surface area contributed by atoms with Crippen molar-refractivity contribution in [2.45, 2.75) is 71.2 Å². The molecule has 0 heterocycles. The van der Waals surface area contributed by atoms with Gasteiger partial charge >= 0.3 is 18.0 Å². The van der Waals surface area contributed by atoms with Crippen molar-refractivity contribution in [3.63, 3.8) is 0 Å². The van der Waals surface area contributed by atoms with Gasteiger partial charge in [0.15, 0.2) is 0 Å². The van der Waals surface area contributed by atoms with Crippen LogP contribution in [-0.4, -0.2) is 61.2 Å². The number of ether oxygens (including phenoxy) is 4. The number of esters is 2. The zero-order valence-electron chi connectivity index (χ0n) is 24.1. The first kappa shape index (κ1) is 33.6. The van der Waals surface area contributed by atoms with Gasteiger partial charge in [-0.15, -0.1) is 0 Å². The number of nitrogens with two attached hydrogens (primary N) is 1. The Morgan fingerprint density at radius 2 is 1.38 bits per heavy atom. The van der Waals surface area contributed by atoms with Gasteiger partial charge in [-0.05, 0) is 43.5 Å². The van der Waals surface area contributed by atoms with Crippen LogP contribution in [0, 0.1) is 0 Å². The minimum Gasteiger partial charge on any atom is -0.467 e. The lowest BCUT2D eigenvalue weighted by Gasteiger charge is -2.22. The van der Waals surface area contributed by atoms with Gasteiger partial charge in [0.25, 0.3) is 6.10 Å². The molecule has 0 aliphatic carbocycles. The maximum Gasteiger partial charge on any atom is 0.408 e. The Morgan fingerprint density at radius 1 is 0.762 bits per heavy atom. The Kier molecular flexibility index (Phi) is 14.4. The summed E-state index contributed by atoms with van der Waals surface area (Å²) in [4.78, 5) is 62.2. The van der Waals surface area contributed by atoms with E-state index in [9.17, 15) is 24.0 Å². The smallest absolute Gasteiger partial charge is 0.408 e. The number of benzene rings is 2. The summed E-state index contributed by atoms with van der Waals surface area (Å²) >= 11 is 0. The van der Waals surface area contributed by atoms with Crippen molar-refractivity contribution in [2.75, 3.05) is 13.2 Å². The van der Waals surface area contributed by atoms with Gasteiger partial charge in [0.1, 0.15) is 24.4 Å². The summed E-state index contributed by atoms with van der Waals surface area (Å²) in [6.45, 7) is 5.25. The summed E-state index contributed by atoms with van der Waals surface area (Å²) in [6.07, 6.45) is -0.582. The summed E-state index contributed by atoms with van der Waals surface area (Å²) in [6, 6.07) is 13.2. The minimum absolute atomic E-state index is 0.00441. The van der Waals surface area contributed by atoms with Gasteiger partial charge in [0.05, 0.1) is 13.2 Å². The van der Waals surface area contributed by atoms with Crippen molar-refractivity contribution in [1.82, 2.24) is 10.6 Å². The molecular weight excluding hydrogens is 546 g/mol. The van der Waals surface area contributed by atoms with E-state index in [2.05, 4.69) is 10.6 Å². The van der Waals surface area contributed by atoms with E-state index in [4.69, 9.17) is 24.7 Å². The molecule has 3 amide bonds. The quantitative estimate of drug-likeness (QED) is 0.143. The van der Waals surface area contributed by atoms with E-state index in [1.807, 2.05) is 25.1 Å². The van der Waals surface area contributed by atoms with E-state index in [0.29, 0.717) is 18.4 Å². The lowest BCUT2D eigenvalue weighted by molar-refractivity contribution is -0.166. The third-order valence-electron chi connectivity index (χ3n) is 5.95. The van der Waals surface area contributed by atoms with Crippen molar-refractivity contribution < 1.29 is 42.9 Å². The molecule has 0 unspecified atom stereocenters. The molecular formula is C30H39N3O9. The lowest BCUT2D eigenvalue weighted by atomic mass is 10.0. The van der Waals surface area contributed by atoms with Gasteiger partial charge in [-0.3, -0.25) is 9.59 Å². The molecule has 2 aromatic rings. The molecule has 0 saturated heterocycles. The summed E-state index contributed by atoms with van der Waals surface area (Å²) in [7, 11) is 0. The zero-order valence-corrected chi connectivity index (χ0v) is 24.1. The Morgan fingerprint density at radius 3 is 1.93 bits per heavy atom. The number of hydrogen-bond acceptors (Lipinski definition) is 9. The van der Waals surface area contributed by atoms with E-state index in [1.54, 1.807) is 38.1 Å².